The van der Waals surface area contributed by atoms with Crippen LogP contribution >= 0.6 is 15.9 Å². The predicted octanol–water partition coefficient (Wildman–Crippen LogP) is 3.72. The van der Waals surface area contributed by atoms with Crippen molar-refractivity contribution in [3.05, 3.63) is 33.8 Å². The SMILES string of the molecule is COC(=O)c1ccc(Br)c(CN2CCC(NC(=O)OC(C)(C)C)CC2)c1. The Morgan fingerprint density at radius 2 is 1.92 bits per heavy atom. The fourth-order valence-corrected chi connectivity index (χ4v) is 3.26. The molecule has 1 heterocycles. The maximum atomic E-state index is 11.9. The Morgan fingerprint density at radius 1 is 1.27 bits per heavy atom. The molecule has 1 aromatic rings. The van der Waals surface area contributed by atoms with Gasteiger partial charge in [0.25, 0.3) is 0 Å². The highest BCUT2D eigenvalue weighted by Gasteiger charge is 2.24. The van der Waals surface area contributed by atoms with Gasteiger partial charge in [0.2, 0.25) is 0 Å². The summed E-state index contributed by atoms with van der Waals surface area (Å²) >= 11 is 3.55. The van der Waals surface area contributed by atoms with Crippen molar-refractivity contribution >= 4 is 28.0 Å². The largest absolute Gasteiger partial charge is 0.465 e. The Labute approximate surface area is 163 Å². The molecule has 0 bridgehead atoms. The van der Waals surface area contributed by atoms with E-state index < -0.39 is 5.60 Å². The van der Waals surface area contributed by atoms with Gasteiger partial charge in [0, 0.05) is 30.1 Å². The second-order valence-corrected chi connectivity index (χ2v) is 8.35. The van der Waals surface area contributed by atoms with Gasteiger partial charge in [-0.3, -0.25) is 4.90 Å². The Morgan fingerprint density at radius 3 is 2.50 bits per heavy atom. The first-order valence-electron chi connectivity index (χ1n) is 8.76. The number of amides is 1. The van der Waals surface area contributed by atoms with Crippen LogP contribution in [0.15, 0.2) is 22.7 Å². The van der Waals surface area contributed by atoms with Crippen LogP contribution in [0.25, 0.3) is 0 Å². The van der Waals surface area contributed by atoms with Gasteiger partial charge in [-0.1, -0.05) is 15.9 Å². The summed E-state index contributed by atoms with van der Waals surface area (Å²) in [6.45, 7) is 8.05. The number of hydrogen-bond acceptors (Lipinski definition) is 5. The molecule has 0 aromatic heterocycles. The van der Waals surface area contributed by atoms with E-state index in [0.29, 0.717) is 5.56 Å². The zero-order valence-corrected chi connectivity index (χ0v) is 17.4. The van der Waals surface area contributed by atoms with Crippen LogP contribution in [-0.2, 0) is 16.0 Å². The number of methoxy groups -OCH3 is 1. The molecule has 26 heavy (non-hydrogen) atoms. The lowest BCUT2D eigenvalue weighted by Crippen LogP contribution is -2.45. The number of halogens is 1. The summed E-state index contributed by atoms with van der Waals surface area (Å²) in [6, 6.07) is 5.61. The molecule has 0 radical (unpaired) electrons. The molecule has 1 amide bonds. The third-order valence-corrected chi connectivity index (χ3v) is 4.94. The highest BCUT2D eigenvalue weighted by Crippen LogP contribution is 2.22. The van der Waals surface area contributed by atoms with Crippen LogP contribution in [0.4, 0.5) is 4.79 Å². The van der Waals surface area contributed by atoms with Gasteiger partial charge in [-0.2, -0.15) is 0 Å². The van der Waals surface area contributed by atoms with Crippen molar-refractivity contribution in [1.29, 1.82) is 0 Å². The maximum Gasteiger partial charge on any atom is 0.407 e. The summed E-state index contributed by atoms with van der Waals surface area (Å²) in [5.41, 5.74) is 1.11. The van der Waals surface area contributed by atoms with Crippen molar-refractivity contribution < 1.29 is 19.1 Å². The Kier molecular flexibility index (Phi) is 7.06. The fourth-order valence-electron chi connectivity index (χ4n) is 2.89. The van der Waals surface area contributed by atoms with E-state index >= 15 is 0 Å². The van der Waals surface area contributed by atoms with Crippen LogP contribution in [0.1, 0.15) is 49.5 Å². The van der Waals surface area contributed by atoms with E-state index in [1.165, 1.54) is 7.11 Å². The topological polar surface area (TPSA) is 67.9 Å². The second kappa shape index (κ2) is 8.86. The number of rotatable bonds is 4. The number of carbonyl (C=O) groups is 2. The van der Waals surface area contributed by atoms with Crippen LogP contribution in [-0.4, -0.2) is 48.8 Å². The van der Waals surface area contributed by atoms with Gasteiger partial charge in [0.05, 0.1) is 12.7 Å². The van der Waals surface area contributed by atoms with E-state index in [4.69, 9.17) is 9.47 Å². The van der Waals surface area contributed by atoms with E-state index in [-0.39, 0.29) is 18.1 Å². The molecule has 1 aliphatic rings. The molecule has 1 N–H and O–H groups in total. The smallest absolute Gasteiger partial charge is 0.407 e. The van der Waals surface area contributed by atoms with Gasteiger partial charge in [-0.05, 0) is 57.4 Å². The van der Waals surface area contributed by atoms with E-state index in [1.807, 2.05) is 32.9 Å². The molecule has 0 atom stereocenters. The van der Waals surface area contributed by atoms with Crippen LogP contribution in [0.5, 0.6) is 0 Å². The predicted molar refractivity (Wildman–Crippen MR) is 103 cm³/mol. The highest BCUT2D eigenvalue weighted by atomic mass is 79.9. The van der Waals surface area contributed by atoms with Gasteiger partial charge in [-0.25, -0.2) is 9.59 Å². The molecule has 0 saturated carbocycles. The number of nitrogens with zero attached hydrogens (tertiary/aromatic N) is 1. The number of esters is 1. The summed E-state index contributed by atoms with van der Waals surface area (Å²) < 4.78 is 11.1. The number of nitrogens with one attached hydrogen (secondary N) is 1. The zero-order chi connectivity index (χ0) is 19.3. The van der Waals surface area contributed by atoms with Crippen LogP contribution in [0, 0.1) is 0 Å². The van der Waals surface area contributed by atoms with E-state index in [9.17, 15) is 9.59 Å². The lowest BCUT2D eigenvalue weighted by molar-refractivity contribution is 0.0477. The molecule has 0 spiro atoms. The van der Waals surface area contributed by atoms with Crippen LogP contribution in [0.2, 0.25) is 0 Å². The monoisotopic (exact) mass is 426 g/mol. The normalized spacial score (nSPS) is 16.2. The van der Waals surface area contributed by atoms with Gasteiger partial charge in [-0.15, -0.1) is 0 Å². The first kappa shape index (κ1) is 20.7. The van der Waals surface area contributed by atoms with Crippen molar-refractivity contribution in [2.75, 3.05) is 20.2 Å². The average molecular weight is 427 g/mol. The summed E-state index contributed by atoms with van der Waals surface area (Å²) in [6.07, 6.45) is 1.38. The molecule has 1 aromatic carbocycles. The molecule has 7 heteroatoms. The first-order valence-corrected chi connectivity index (χ1v) is 9.56. The highest BCUT2D eigenvalue weighted by molar-refractivity contribution is 9.10. The van der Waals surface area contributed by atoms with E-state index in [2.05, 4.69) is 26.1 Å². The number of carbonyl (C=O) groups excluding carboxylic acids is 2. The van der Waals surface area contributed by atoms with Gasteiger partial charge in [0.15, 0.2) is 0 Å². The van der Waals surface area contributed by atoms with Crippen molar-refractivity contribution in [1.82, 2.24) is 10.2 Å². The van der Waals surface area contributed by atoms with Crippen molar-refractivity contribution in [2.45, 2.75) is 51.8 Å². The number of benzene rings is 1. The Bertz CT molecular complexity index is 649. The average Bonchev–Trinajstić information content (AvgIpc) is 2.56. The first-order chi connectivity index (χ1) is 12.2. The number of ether oxygens (including phenoxy) is 2. The molecule has 0 unspecified atom stereocenters. The lowest BCUT2D eigenvalue weighted by atomic mass is 10.0. The third-order valence-electron chi connectivity index (χ3n) is 4.17. The van der Waals surface area contributed by atoms with Gasteiger partial charge in [0.1, 0.15) is 5.60 Å². The van der Waals surface area contributed by atoms with E-state index in [0.717, 1.165) is 42.5 Å². The van der Waals surface area contributed by atoms with Gasteiger partial charge >= 0.3 is 12.1 Å². The summed E-state index contributed by atoms with van der Waals surface area (Å²) in [5.74, 6) is -0.334. The van der Waals surface area contributed by atoms with Crippen molar-refractivity contribution in [3.63, 3.8) is 0 Å². The van der Waals surface area contributed by atoms with Crippen LogP contribution in [0.3, 0.4) is 0 Å². The summed E-state index contributed by atoms with van der Waals surface area (Å²) in [4.78, 5) is 25.9. The number of likely N-dealkylation sites (tertiary alicyclic amines) is 1. The lowest BCUT2D eigenvalue weighted by Gasteiger charge is -2.33. The molecular formula is C19H27BrN2O4. The zero-order valence-electron chi connectivity index (χ0n) is 15.8. The van der Waals surface area contributed by atoms with Crippen LogP contribution < -0.4 is 5.32 Å². The fraction of sp³-hybridized carbons (Fsp3) is 0.579. The van der Waals surface area contributed by atoms with E-state index in [1.54, 1.807) is 6.07 Å². The van der Waals surface area contributed by atoms with Gasteiger partial charge < -0.3 is 14.8 Å². The summed E-state index contributed by atoms with van der Waals surface area (Å²) in [7, 11) is 1.38. The number of hydrogen-bond donors (Lipinski definition) is 1. The molecule has 2 rings (SSSR count). The molecule has 1 saturated heterocycles. The minimum Gasteiger partial charge on any atom is -0.465 e. The molecule has 1 fully saturated rings. The van der Waals surface area contributed by atoms with Crippen molar-refractivity contribution in [3.8, 4) is 0 Å². The molecular weight excluding hydrogens is 400 g/mol. The second-order valence-electron chi connectivity index (χ2n) is 7.49. The molecule has 6 nitrogen and oxygen atoms in total. The molecule has 144 valence electrons. The number of alkyl carbamates (subject to hydrolysis) is 1. The quantitative estimate of drug-likeness (QED) is 0.742. The maximum absolute atomic E-state index is 11.9. The minimum atomic E-state index is -0.484. The third kappa shape index (κ3) is 6.29. The summed E-state index contributed by atoms with van der Waals surface area (Å²) in [5, 5.41) is 2.94. The van der Waals surface area contributed by atoms with Crippen molar-refractivity contribution in [2.24, 2.45) is 0 Å². The number of piperidine rings is 1. The molecule has 0 aliphatic carbocycles. The standard InChI is InChI=1S/C19H27BrN2O4/c1-19(2,3)26-18(24)21-15-7-9-22(10-8-15)12-14-11-13(17(23)25-4)5-6-16(14)20/h5-6,11,15H,7-10,12H2,1-4H3,(H,21,24). The molecule has 1 aliphatic heterocycles. The Balaban J connectivity index is 1.87. The minimum absolute atomic E-state index is 0.131. The Hall–Kier alpha value is -1.60.